The maximum Gasteiger partial charge on any atom is 0.343 e. The van der Waals surface area contributed by atoms with E-state index < -0.39 is 5.97 Å². The van der Waals surface area contributed by atoms with Crippen LogP contribution in [0.2, 0.25) is 0 Å². The molecule has 1 heterocycles. The van der Waals surface area contributed by atoms with Crippen LogP contribution >= 0.6 is 0 Å². The topological polar surface area (TPSA) is 80.7 Å². The smallest absolute Gasteiger partial charge is 0.343 e. The maximum absolute atomic E-state index is 11.5. The van der Waals surface area contributed by atoms with Crippen LogP contribution in [-0.4, -0.2) is 42.4 Å². The molecule has 2 rings (SSSR count). The molecule has 0 saturated heterocycles. The third kappa shape index (κ3) is 3.19. The summed E-state index contributed by atoms with van der Waals surface area (Å²) in [6.45, 7) is 0. The van der Waals surface area contributed by atoms with Crippen molar-refractivity contribution in [1.29, 1.82) is 0 Å². The fourth-order valence-corrected chi connectivity index (χ4v) is 2.41. The van der Waals surface area contributed by atoms with E-state index in [0.717, 1.165) is 25.7 Å². The SMILES string of the molecule is COC(=O)c1ccc(N[C@@H]2CCCC[C@H]2O)nc1OC. The van der Waals surface area contributed by atoms with E-state index >= 15 is 0 Å². The number of carbonyl (C=O) groups is 1. The van der Waals surface area contributed by atoms with E-state index in [9.17, 15) is 9.90 Å². The van der Waals surface area contributed by atoms with Crippen LogP contribution in [0.15, 0.2) is 12.1 Å². The number of pyridine rings is 1. The summed E-state index contributed by atoms with van der Waals surface area (Å²) >= 11 is 0. The molecule has 0 spiro atoms. The first kappa shape index (κ1) is 14.6. The second-order valence-electron chi connectivity index (χ2n) is 4.85. The minimum absolute atomic E-state index is 0.00932. The number of anilines is 1. The highest BCUT2D eigenvalue weighted by Gasteiger charge is 2.23. The molecule has 1 fully saturated rings. The Morgan fingerprint density at radius 3 is 2.75 bits per heavy atom. The zero-order valence-electron chi connectivity index (χ0n) is 11.8. The first-order valence-corrected chi connectivity index (χ1v) is 6.73. The summed E-state index contributed by atoms with van der Waals surface area (Å²) in [5.41, 5.74) is 0.282. The number of nitrogens with zero attached hydrogens (tertiary/aromatic N) is 1. The first-order valence-electron chi connectivity index (χ1n) is 6.73. The van der Waals surface area contributed by atoms with Crippen molar-refractivity contribution in [1.82, 2.24) is 4.98 Å². The van der Waals surface area contributed by atoms with E-state index in [1.807, 2.05) is 0 Å². The van der Waals surface area contributed by atoms with Crippen molar-refractivity contribution in [3.8, 4) is 5.88 Å². The van der Waals surface area contributed by atoms with E-state index in [-0.39, 0.29) is 23.6 Å². The highest BCUT2D eigenvalue weighted by Crippen LogP contribution is 2.24. The number of nitrogens with one attached hydrogen (secondary N) is 1. The Kier molecular flexibility index (Phi) is 4.79. The van der Waals surface area contributed by atoms with Gasteiger partial charge in [-0.1, -0.05) is 12.8 Å². The zero-order chi connectivity index (χ0) is 14.5. The molecule has 1 aliphatic rings. The maximum atomic E-state index is 11.5. The molecule has 20 heavy (non-hydrogen) atoms. The lowest BCUT2D eigenvalue weighted by Crippen LogP contribution is -2.36. The van der Waals surface area contributed by atoms with Crippen LogP contribution in [-0.2, 0) is 4.74 Å². The highest BCUT2D eigenvalue weighted by molar-refractivity contribution is 5.92. The van der Waals surface area contributed by atoms with E-state index in [2.05, 4.69) is 15.0 Å². The molecule has 1 aliphatic carbocycles. The second-order valence-corrected chi connectivity index (χ2v) is 4.85. The second kappa shape index (κ2) is 6.56. The van der Waals surface area contributed by atoms with E-state index in [4.69, 9.17) is 4.74 Å². The Balaban J connectivity index is 2.14. The van der Waals surface area contributed by atoms with Crippen molar-refractivity contribution in [2.75, 3.05) is 19.5 Å². The summed E-state index contributed by atoms with van der Waals surface area (Å²) in [6.07, 6.45) is 3.49. The summed E-state index contributed by atoms with van der Waals surface area (Å²) in [5, 5.41) is 13.1. The van der Waals surface area contributed by atoms with Crippen molar-refractivity contribution >= 4 is 11.8 Å². The standard InChI is InChI=1S/C14H20N2O4/c1-19-13-9(14(18)20-2)7-8-12(16-13)15-10-5-3-4-6-11(10)17/h7-8,10-11,17H,3-6H2,1-2H3,(H,15,16)/t10-,11-/m1/s1. The lowest BCUT2D eigenvalue weighted by atomic mass is 9.92. The van der Waals surface area contributed by atoms with Gasteiger partial charge in [0.05, 0.1) is 26.4 Å². The van der Waals surface area contributed by atoms with Gasteiger partial charge in [0, 0.05) is 0 Å². The van der Waals surface area contributed by atoms with Gasteiger partial charge in [-0.25, -0.2) is 4.79 Å². The number of aromatic nitrogens is 1. The lowest BCUT2D eigenvalue weighted by Gasteiger charge is -2.28. The monoisotopic (exact) mass is 280 g/mol. The van der Waals surface area contributed by atoms with Crippen molar-refractivity contribution in [2.24, 2.45) is 0 Å². The average molecular weight is 280 g/mol. The van der Waals surface area contributed by atoms with E-state index in [0.29, 0.717) is 5.82 Å². The van der Waals surface area contributed by atoms with Crippen molar-refractivity contribution < 1.29 is 19.4 Å². The Hall–Kier alpha value is -1.82. The van der Waals surface area contributed by atoms with Crippen LogP contribution < -0.4 is 10.1 Å². The molecular weight excluding hydrogens is 260 g/mol. The summed E-state index contributed by atoms with van der Waals surface area (Å²) < 4.78 is 9.78. The number of ether oxygens (including phenoxy) is 2. The summed E-state index contributed by atoms with van der Waals surface area (Å²) in [5.74, 6) is 0.311. The minimum atomic E-state index is -0.487. The summed E-state index contributed by atoms with van der Waals surface area (Å²) in [6, 6.07) is 3.29. The van der Waals surface area contributed by atoms with Crippen molar-refractivity contribution in [3.05, 3.63) is 17.7 Å². The Bertz CT molecular complexity index is 478. The molecule has 1 saturated carbocycles. The van der Waals surface area contributed by atoms with Gasteiger partial charge in [-0.2, -0.15) is 4.98 Å². The Labute approximate surface area is 118 Å². The number of aliphatic hydroxyl groups is 1. The fourth-order valence-electron chi connectivity index (χ4n) is 2.41. The number of methoxy groups -OCH3 is 2. The van der Waals surface area contributed by atoms with Gasteiger partial charge in [0.2, 0.25) is 5.88 Å². The molecule has 2 N–H and O–H groups in total. The average Bonchev–Trinajstić information content (AvgIpc) is 2.48. The molecular formula is C14H20N2O4. The van der Waals surface area contributed by atoms with Crippen LogP contribution in [0, 0.1) is 0 Å². The van der Waals surface area contributed by atoms with E-state index in [1.54, 1.807) is 12.1 Å². The molecule has 0 bridgehead atoms. The van der Waals surface area contributed by atoms with Crippen LogP contribution in [0.5, 0.6) is 5.88 Å². The predicted molar refractivity (Wildman–Crippen MR) is 74.0 cm³/mol. The summed E-state index contributed by atoms with van der Waals surface area (Å²) in [7, 11) is 2.76. The number of rotatable bonds is 4. The normalized spacial score (nSPS) is 22.1. The lowest BCUT2D eigenvalue weighted by molar-refractivity contribution is 0.0596. The van der Waals surface area contributed by atoms with Gasteiger partial charge < -0.3 is 19.9 Å². The van der Waals surface area contributed by atoms with Crippen LogP contribution in [0.25, 0.3) is 0 Å². The summed E-state index contributed by atoms with van der Waals surface area (Å²) in [4.78, 5) is 15.8. The molecule has 2 atom stereocenters. The zero-order valence-corrected chi connectivity index (χ0v) is 11.8. The van der Waals surface area contributed by atoms with Gasteiger partial charge in [-0.15, -0.1) is 0 Å². The Morgan fingerprint density at radius 2 is 2.10 bits per heavy atom. The molecule has 1 aromatic heterocycles. The predicted octanol–water partition coefficient (Wildman–Crippen LogP) is 1.59. The van der Waals surface area contributed by atoms with Gasteiger partial charge in [0.1, 0.15) is 11.4 Å². The molecule has 0 radical (unpaired) electrons. The van der Waals surface area contributed by atoms with Gasteiger partial charge >= 0.3 is 5.97 Å². The molecule has 0 unspecified atom stereocenters. The van der Waals surface area contributed by atoms with Gasteiger partial charge in [0.15, 0.2) is 0 Å². The minimum Gasteiger partial charge on any atom is -0.480 e. The van der Waals surface area contributed by atoms with Crippen LogP contribution in [0.4, 0.5) is 5.82 Å². The van der Waals surface area contributed by atoms with E-state index in [1.165, 1.54) is 14.2 Å². The largest absolute Gasteiger partial charge is 0.480 e. The third-order valence-corrected chi connectivity index (χ3v) is 3.52. The fraction of sp³-hybridized carbons (Fsp3) is 0.571. The quantitative estimate of drug-likeness (QED) is 0.815. The first-order chi connectivity index (χ1) is 9.65. The number of hydrogen-bond donors (Lipinski definition) is 2. The van der Waals surface area contributed by atoms with Crippen molar-refractivity contribution in [3.63, 3.8) is 0 Å². The van der Waals surface area contributed by atoms with Crippen LogP contribution in [0.1, 0.15) is 36.0 Å². The third-order valence-electron chi connectivity index (χ3n) is 3.52. The molecule has 1 aromatic rings. The van der Waals surface area contributed by atoms with Gasteiger partial charge in [-0.05, 0) is 25.0 Å². The highest BCUT2D eigenvalue weighted by atomic mass is 16.5. The van der Waals surface area contributed by atoms with Gasteiger partial charge in [-0.3, -0.25) is 0 Å². The molecule has 0 amide bonds. The Morgan fingerprint density at radius 1 is 1.35 bits per heavy atom. The van der Waals surface area contributed by atoms with Crippen molar-refractivity contribution in [2.45, 2.75) is 37.8 Å². The molecule has 6 nitrogen and oxygen atoms in total. The van der Waals surface area contributed by atoms with Crippen LogP contribution in [0.3, 0.4) is 0 Å². The molecule has 0 aromatic carbocycles. The number of carbonyl (C=O) groups excluding carboxylic acids is 1. The number of hydrogen-bond acceptors (Lipinski definition) is 6. The molecule has 0 aliphatic heterocycles. The van der Waals surface area contributed by atoms with Gasteiger partial charge in [0.25, 0.3) is 0 Å². The molecule has 6 heteroatoms. The number of aliphatic hydroxyl groups excluding tert-OH is 1. The molecule has 110 valence electrons. The number of esters is 1.